The molecule has 0 aromatic carbocycles. The normalized spacial score (nSPS) is 34.8. The van der Waals surface area contributed by atoms with Gasteiger partial charge in [0.25, 0.3) is 0 Å². The lowest BCUT2D eigenvalue weighted by Gasteiger charge is -2.45. The second-order valence-corrected chi connectivity index (χ2v) is 5.76. The summed E-state index contributed by atoms with van der Waals surface area (Å²) in [5.41, 5.74) is 0.531. The topological polar surface area (TPSA) is 0 Å². The Kier molecular flexibility index (Phi) is 4.25. The molecule has 1 saturated carbocycles. The number of hydrogen-bond donors (Lipinski definition) is 0. The van der Waals surface area contributed by atoms with Crippen LogP contribution in [0.4, 0.5) is 0 Å². The Morgan fingerprint density at radius 1 is 1.50 bits per heavy atom. The van der Waals surface area contributed by atoms with E-state index in [0.29, 0.717) is 5.41 Å². The molecule has 0 spiro atoms. The van der Waals surface area contributed by atoms with Gasteiger partial charge in [0.15, 0.2) is 0 Å². The van der Waals surface area contributed by atoms with Crippen LogP contribution >= 0.6 is 23.4 Å². The predicted molar refractivity (Wildman–Crippen MR) is 59.2 cm³/mol. The van der Waals surface area contributed by atoms with Crippen molar-refractivity contribution in [2.75, 3.05) is 17.4 Å². The van der Waals surface area contributed by atoms with Gasteiger partial charge < -0.3 is 0 Å². The first-order valence-electron chi connectivity index (χ1n) is 4.86. The van der Waals surface area contributed by atoms with Crippen molar-refractivity contribution in [3.63, 3.8) is 0 Å². The highest BCUT2D eigenvalue weighted by Crippen LogP contribution is 2.49. The van der Waals surface area contributed by atoms with E-state index in [1.165, 1.54) is 30.8 Å². The van der Waals surface area contributed by atoms with E-state index >= 15 is 0 Å². The Balaban J connectivity index is 2.18. The summed E-state index contributed by atoms with van der Waals surface area (Å²) in [5, 5.41) is 0. The lowest BCUT2D eigenvalue weighted by molar-refractivity contribution is 0.0890. The van der Waals surface area contributed by atoms with Crippen LogP contribution in [0.25, 0.3) is 0 Å². The molecule has 1 rings (SSSR count). The number of rotatable bonds is 5. The zero-order valence-electron chi connectivity index (χ0n) is 8.11. The third-order valence-electron chi connectivity index (χ3n) is 2.83. The first-order valence-corrected chi connectivity index (χ1v) is 6.55. The molecule has 0 aromatic heterocycles. The minimum Gasteiger partial charge on any atom is -0.162 e. The first kappa shape index (κ1) is 10.7. The Labute approximate surface area is 85.4 Å². The summed E-state index contributed by atoms with van der Waals surface area (Å²) in [4.78, 5) is 0. The fraction of sp³-hybridized carbons (Fsp3) is 1.00. The Morgan fingerprint density at radius 3 is 2.58 bits per heavy atom. The van der Waals surface area contributed by atoms with Crippen molar-refractivity contribution < 1.29 is 0 Å². The quantitative estimate of drug-likeness (QED) is 0.487. The van der Waals surface area contributed by atoms with E-state index in [1.54, 1.807) is 0 Å². The maximum Gasteiger partial charge on any atom is 0.0280 e. The molecule has 0 amide bonds. The highest BCUT2D eigenvalue weighted by Gasteiger charge is 2.40. The Hall–Kier alpha value is 0.640. The zero-order chi connectivity index (χ0) is 9.03. The van der Waals surface area contributed by atoms with Gasteiger partial charge in [-0.25, -0.2) is 0 Å². The van der Waals surface area contributed by atoms with E-state index in [4.69, 9.17) is 11.6 Å². The number of hydrogen-bond acceptors (Lipinski definition) is 1. The molecule has 0 N–H and O–H groups in total. The van der Waals surface area contributed by atoms with Gasteiger partial charge in [0.1, 0.15) is 0 Å². The Bertz CT molecular complexity index is 130. The molecule has 72 valence electrons. The molecular weight excluding hydrogens is 188 g/mol. The van der Waals surface area contributed by atoms with Gasteiger partial charge in [0, 0.05) is 5.88 Å². The first-order chi connectivity index (χ1) is 5.72. The molecule has 0 aromatic rings. The molecule has 1 aliphatic carbocycles. The van der Waals surface area contributed by atoms with Crippen LogP contribution in [0.5, 0.6) is 0 Å². The molecule has 0 radical (unpaired) electrons. The van der Waals surface area contributed by atoms with Gasteiger partial charge in [0.2, 0.25) is 0 Å². The van der Waals surface area contributed by atoms with Crippen LogP contribution in [0, 0.1) is 11.3 Å². The summed E-state index contributed by atoms with van der Waals surface area (Å²) in [6.07, 6.45) is 4.06. The van der Waals surface area contributed by atoms with Gasteiger partial charge in [-0.3, -0.25) is 0 Å². The third kappa shape index (κ3) is 2.56. The van der Waals surface area contributed by atoms with Crippen molar-refractivity contribution in [1.82, 2.24) is 0 Å². The van der Waals surface area contributed by atoms with Gasteiger partial charge >= 0.3 is 0 Å². The Morgan fingerprint density at radius 2 is 2.17 bits per heavy atom. The van der Waals surface area contributed by atoms with Crippen LogP contribution in [0.1, 0.15) is 33.1 Å². The fourth-order valence-electron chi connectivity index (χ4n) is 2.23. The van der Waals surface area contributed by atoms with Gasteiger partial charge in [-0.2, -0.15) is 11.8 Å². The maximum atomic E-state index is 6.00. The van der Waals surface area contributed by atoms with Gasteiger partial charge in [-0.15, -0.1) is 11.6 Å². The van der Waals surface area contributed by atoms with Crippen LogP contribution in [-0.4, -0.2) is 17.4 Å². The molecule has 0 bridgehead atoms. The number of alkyl halides is 1. The standard InChI is InChI=1S/C10H19ClS/c1-3-12-5-4-10(8-11)6-9(2)7-10/h9H,3-8H2,1-2H3. The number of thioether (sulfide) groups is 1. The summed E-state index contributed by atoms with van der Waals surface area (Å²) in [6.45, 7) is 4.55. The summed E-state index contributed by atoms with van der Waals surface area (Å²) in [5.74, 6) is 4.35. The second-order valence-electron chi connectivity index (χ2n) is 4.09. The van der Waals surface area contributed by atoms with Crippen molar-refractivity contribution >= 4 is 23.4 Å². The van der Waals surface area contributed by atoms with Gasteiger partial charge in [-0.05, 0) is 42.1 Å². The van der Waals surface area contributed by atoms with Crippen molar-refractivity contribution in [3.8, 4) is 0 Å². The smallest absolute Gasteiger partial charge is 0.0280 e. The highest BCUT2D eigenvalue weighted by atomic mass is 35.5. The molecule has 0 saturated heterocycles. The van der Waals surface area contributed by atoms with Gasteiger partial charge in [0.05, 0.1) is 0 Å². The van der Waals surface area contributed by atoms with Crippen molar-refractivity contribution in [2.24, 2.45) is 11.3 Å². The summed E-state index contributed by atoms with van der Waals surface area (Å²) in [6, 6.07) is 0. The van der Waals surface area contributed by atoms with Crippen LogP contribution in [0.2, 0.25) is 0 Å². The molecule has 12 heavy (non-hydrogen) atoms. The van der Waals surface area contributed by atoms with E-state index in [1.807, 2.05) is 11.8 Å². The SMILES string of the molecule is CCSCCC1(CCl)CC(C)C1. The van der Waals surface area contributed by atoms with E-state index < -0.39 is 0 Å². The maximum absolute atomic E-state index is 6.00. The second kappa shape index (κ2) is 4.76. The van der Waals surface area contributed by atoms with Crippen LogP contribution < -0.4 is 0 Å². The lowest BCUT2D eigenvalue weighted by atomic mass is 9.62. The fourth-order valence-corrected chi connectivity index (χ4v) is 3.45. The minimum absolute atomic E-state index is 0.531. The molecule has 1 aliphatic rings. The van der Waals surface area contributed by atoms with E-state index in [-0.39, 0.29) is 0 Å². The molecule has 0 aliphatic heterocycles. The zero-order valence-corrected chi connectivity index (χ0v) is 9.68. The van der Waals surface area contributed by atoms with E-state index in [2.05, 4.69) is 13.8 Å². The monoisotopic (exact) mass is 206 g/mol. The minimum atomic E-state index is 0.531. The molecule has 1 fully saturated rings. The lowest BCUT2D eigenvalue weighted by Crippen LogP contribution is -2.38. The average Bonchev–Trinajstić information content (AvgIpc) is 2.01. The van der Waals surface area contributed by atoms with E-state index in [9.17, 15) is 0 Å². The van der Waals surface area contributed by atoms with Crippen molar-refractivity contribution in [3.05, 3.63) is 0 Å². The molecule has 0 atom stereocenters. The van der Waals surface area contributed by atoms with Crippen LogP contribution in [0.15, 0.2) is 0 Å². The average molecular weight is 207 g/mol. The third-order valence-corrected chi connectivity index (χ3v) is 4.30. The summed E-state index contributed by atoms with van der Waals surface area (Å²) >= 11 is 8.04. The molecule has 0 heterocycles. The summed E-state index contributed by atoms with van der Waals surface area (Å²) < 4.78 is 0. The van der Waals surface area contributed by atoms with Crippen molar-refractivity contribution in [2.45, 2.75) is 33.1 Å². The van der Waals surface area contributed by atoms with Crippen molar-refractivity contribution in [1.29, 1.82) is 0 Å². The molecule has 0 unspecified atom stereocenters. The van der Waals surface area contributed by atoms with Gasteiger partial charge in [-0.1, -0.05) is 13.8 Å². The largest absolute Gasteiger partial charge is 0.162 e. The highest BCUT2D eigenvalue weighted by molar-refractivity contribution is 7.99. The summed E-state index contributed by atoms with van der Waals surface area (Å²) in [7, 11) is 0. The molecule has 0 nitrogen and oxygen atoms in total. The van der Waals surface area contributed by atoms with Crippen LogP contribution in [0.3, 0.4) is 0 Å². The number of halogens is 1. The molecular formula is C10H19ClS. The van der Waals surface area contributed by atoms with E-state index in [0.717, 1.165) is 11.8 Å². The predicted octanol–water partition coefficient (Wildman–Crippen LogP) is 3.78. The van der Waals surface area contributed by atoms with Crippen LogP contribution in [-0.2, 0) is 0 Å². The molecule has 2 heteroatoms.